The first-order chi connectivity index (χ1) is 11.4. The number of hydrogen-bond acceptors (Lipinski definition) is 4. The van der Waals surface area contributed by atoms with Crippen molar-refractivity contribution in [3.63, 3.8) is 0 Å². The molecule has 128 valence electrons. The molecule has 0 saturated heterocycles. The first-order valence-corrected chi connectivity index (χ1v) is 7.94. The van der Waals surface area contributed by atoms with Gasteiger partial charge in [0.2, 0.25) is 5.88 Å². The zero-order valence-corrected chi connectivity index (χ0v) is 14.5. The van der Waals surface area contributed by atoms with Gasteiger partial charge in [-0.15, -0.1) is 0 Å². The van der Waals surface area contributed by atoms with Gasteiger partial charge >= 0.3 is 0 Å². The second-order valence-corrected chi connectivity index (χ2v) is 6.07. The van der Waals surface area contributed by atoms with E-state index in [-0.39, 0.29) is 11.1 Å². The molecule has 0 spiro atoms. The van der Waals surface area contributed by atoms with Gasteiger partial charge in [0.05, 0.1) is 7.11 Å². The number of rotatable bonds is 6. The highest BCUT2D eigenvalue weighted by molar-refractivity contribution is 6.05. The van der Waals surface area contributed by atoms with Crippen LogP contribution in [0.2, 0.25) is 0 Å². The Kier molecular flexibility index (Phi) is 5.73. The van der Waals surface area contributed by atoms with Crippen molar-refractivity contribution < 1.29 is 9.53 Å². The standard InChI is InChI=1S/C18H23N3O3/c1-12(2)7-10-21-11-8-13(3)15(18(21)23)16(22)20-14-6-5-9-19-17(14)24-4/h5-6,8-9,11-12H,7,10H2,1-4H3,(H,20,22). The molecule has 0 aliphatic heterocycles. The fourth-order valence-corrected chi connectivity index (χ4v) is 2.35. The second-order valence-electron chi connectivity index (χ2n) is 6.07. The number of nitrogens with one attached hydrogen (secondary N) is 1. The zero-order valence-electron chi connectivity index (χ0n) is 14.5. The average Bonchev–Trinajstić information content (AvgIpc) is 2.54. The van der Waals surface area contributed by atoms with Crippen molar-refractivity contribution in [3.8, 4) is 5.88 Å². The summed E-state index contributed by atoms with van der Waals surface area (Å²) in [5.74, 6) is 0.331. The van der Waals surface area contributed by atoms with Gasteiger partial charge < -0.3 is 14.6 Å². The summed E-state index contributed by atoms with van der Waals surface area (Å²) < 4.78 is 6.71. The van der Waals surface area contributed by atoms with Gasteiger partial charge in [-0.3, -0.25) is 9.59 Å². The number of hydrogen-bond donors (Lipinski definition) is 1. The molecule has 0 bridgehead atoms. The fraction of sp³-hybridized carbons (Fsp3) is 0.389. The van der Waals surface area contributed by atoms with E-state index in [1.54, 1.807) is 42.1 Å². The number of carbonyl (C=O) groups excluding carboxylic acids is 1. The predicted octanol–water partition coefficient (Wildman–Crippen LogP) is 2.86. The third kappa shape index (κ3) is 4.01. The minimum Gasteiger partial charge on any atom is -0.480 e. The lowest BCUT2D eigenvalue weighted by atomic mass is 10.1. The van der Waals surface area contributed by atoms with Gasteiger partial charge in [0.15, 0.2) is 0 Å². The molecule has 0 aromatic carbocycles. The summed E-state index contributed by atoms with van der Waals surface area (Å²) in [5, 5.41) is 2.71. The van der Waals surface area contributed by atoms with E-state index >= 15 is 0 Å². The number of anilines is 1. The highest BCUT2D eigenvalue weighted by Gasteiger charge is 2.17. The monoisotopic (exact) mass is 329 g/mol. The summed E-state index contributed by atoms with van der Waals surface area (Å²) in [7, 11) is 1.48. The van der Waals surface area contributed by atoms with Crippen LogP contribution in [0.4, 0.5) is 5.69 Å². The molecule has 0 aliphatic carbocycles. The average molecular weight is 329 g/mol. The van der Waals surface area contributed by atoms with Gasteiger partial charge in [-0.05, 0) is 43.0 Å². The molecule has 0 radical (unpaired) electrons. The molecule has 6 nitrogen and oxygen atoms in total. The molecule has 1 N–H and O–H groups in total. The summed E-state index contributed by atoms with van der Waals surface area (Å²) in [5.41, 5.74) is 0.936. The van der Waals surface area contributed by atoms with E-state index in [0.29, 0.717) is 29.6 Å². The predicted molar refractivity (Wildman–Crippen MR) is 93.6 cm³/mol. The first kappa shape index (κ1) is 17.7. The second kappa shape index (κ2) is 7.77. The SMILES string of the molecule is COc1ncccc1NC(=O)c1c(C)ccn(CCC(C)C)c1=O. The molecule has 6 heteroatoms. The van der Waals surface area contributed by atoms with Crippen LogP contribution in [0.3, 0.4) is 0 Å². The van der Waals surface area contributed by atoms with Gasteiger partial charge in [-0.25, -0.2) is 4.98 Å². The maximum atomic E-state index is 12.6. The Morgan fingerprint density at radius 2 is 2.12 bits per heavy atom. The molecule has 0 aliphatic rings. The van der Waals surface area contributed by atoms with Crippen LogP contribution in [0.15, 0.2) is 35.4 Å². The number of carbonyl (C=O) groups is 1. The topological polar surface area (TPSA) is 73.2 Å². The minimum atomic E-state index is -0.456. The summed E-state index contributed by atoms with van der Waals surface area (Å²) in [6.45, 7) is 6.54. The summed E-state index contributed by atoms with van der Waals surface area (Å²) in [6.07, 6.45) is 4.18. The number of nitrogens with zero attached hydrogens (tertiary/aromatic N) is 2. The molecule has 0 saturated carbocycles. The van der Waals surface area contributed by atoms with E-state index < -0.39 is 5.91 Å². The molecule has 0 fully saturated rings. The molecule has 1 amide bonds. The van der Waals surface area contributed by atoms with Crippen molar-refractivity contribution in [2.24, 2.45) is 5.92 Å². The lowest BCUT2D eigenvalue weighted by molar-refractivity contribution is 0.102. The van der Waals surface area contributed by atoms with Gasteiger partial charge in [0, 0.05) is 18.9 Å². The van der Waals surface area contributed by atoms with Gasteiger partial charge in [-0.2, -0.15) is 0 Å². The van der Waals surface area contributed by atoms with Crippen LogP contribution in [0.1, 0.15) is 36.2 Å². The highest BCUT2D eigenvalue weighted by Crippen LogP contribution is 2.20. The lowest BCUT2D eigenvalue weighted by Gasteiger charge is -2.13. The van der Waals surface area contributed by atoms with Crippen LogP contribution in [0.25, 0.3) is 0 Å². The number of methoxy groups -OCH3 is 1. The number of pyridine rings is 2. The third-order valence-corrected chi connectivity index (χ3v) is 3.76. The molecule has 24 heavy (non-hydrogen) atoms. The molecule has 2 aromatic heterocycles. The van der Waals surface area contributed by atoms with Gasteiger partial charge in [0.25, 0.3) is 11.5 Å². The van der Waals surface area contributed by atoms with E-state index in [1.165, 1.54) is 7.11 Å². The van der Waals surface area contributed by atoms with E-state index in [0.717, 1.165) is 6.42 Å². The fourth-order valence-electron chi connectivity index (χ4n) is 2.35. The molecule has 0 atom stereocenters. The van der Waals surface area contributed by atoms with Crippen LogP contribution in [-0.4, -0.2) is 22.6 Å². The Hall–Kier alpha value is -2.63. The van der Waals surface area contributed by atoms with Crippen molar-refractivity contribution in [1.29, 1.82) is 0 Å². The van der Waals surface area contributed by atoms with Crippen molar-refractivity contribution in [2.45, 2.75) is 33.7 Å². The van der Waals surface area contributed by atoms with Crippen LogP contribution in [0, 0.1) is 12.8 Å². The smallest absolute Gasteiger partial charge is 0.263 e. The summed E-state index contributed by atoms with van der Waals surface area (Å²) in [4.78, 5) is 29.3. The first-order valence-electron chi connectivity index (χ1n) is 7.94. The summed E-state index contributed by atoms with van der Waals surface area (Å²) >= 11 is 0. The van der Waals surface area contributed by atoms with E-state index in [9.17, 15) is 9.59 Å². The van der Waals surface area contributed by atoms with Gasteiger partial charge in [-0.1, -0.05) is 13.8 Å². The maximum absolute atomic E-state index is 12.6. The molecule has 0 unspecified atom stereocenters. The largest absolute Gasteiger partial charge is 0.480 e. The third-order valence-electron chi connectivity index (χ3n) is 3.76. The van der Waals surface area contributed by atoms with E-state index in [2.05, 4.69) is 24.1 Å². The Balaban J connectivity index is 2.32. The Morgan fingerprint density at radius 1 is 1.38 bits per heavy atom. The minimum absolute atomic E-state index is 0.146. The van der Waals surface area contributed by atoms with E-state index in [4.69, 9.17) is 4.74 Å². The van der Waals surface area contributed by atoms with Crippen LogP contribution in [-0.2, 0) is 6.54 Å². The quantitative estimate of drug-likeness (QED) is 0.884. The van der Waals surface area contributed by atoms with Crippen LogP contribution in [0.5, 0.6) is 5.88 Å². The maximum Gasteiger partial charge on any atom is 0.263 e. The normalized spacial score (nSPS) is 10.7. The van der Waals surface area contributed by atoms with Crippen LogP contribution >= 0.6 is 0 Å². The molecule has 2 rings (SSSR count). The van der Waals surface area contributed by atoms with Crippen molar-refractivity contribution in [3.05, 3.63) is 52.1 Å². The summed E-state index contributed by atoms with van der Waals surface area (Å²) in [6, 6.07) is 5.16. The zero-order chi connectivity index (χ0) is 17.7. The highest BCUT2D eigenvalue weighted by atomic mass is 16.5. The van der Waals surface area contributed by atoms with Crippen molar-refractivity contribution >= 4 is 11.6 Å². The number of ether oxygens (including phenoxy) is 1. The molecular weight excluding hydrogens is 306 g/mol. The molecule has 2 aromatic rings. The van der Waals surface area contributed by atoms with Gasteiger partial charge in [0.1, 0.15) is 11.3 Å². The van der Waals surface area contributed by atoms with Crippen LogP contribution < -0.4 is 15.6 Å². The lowest BCUT2D eigenvalue weighted by Crippen LogP contribution is -2.30. The van der Waals surface area contributed by atoms with Crippen molar-refractivity contribution in [1.82, 2.24) is 9.55 Å². The molecule has 2 heterocycles. The number of aromatic nitrogens is 2. The van der Waals surface area contributed by atoms with E-state index in [1.807, 2.05) is 0 Å². The number of amides is 1. The number of aryl methyl sites for hydroxylation is 2. The van der Waals surface area contributed by atoms with Crippen molar-refractivity contribution in [2.75, 3.05) is 12.4 Å². The molecular formula is C18H23N3O3. The Labute approximate surface area is 141 Å². The Morgan fingerprint density at radius 3 is 2.79 bits per heavy atom. The Bertz CT molecular complexity index is 781.